The maximum absolute atomic E-state index is 5.82. The smallest absolute Gasteiger partial charge is 0.373 e. The highest BCUT2D eigenvalue weighted by molar-refractivity contribution is 7.80. The predicted octanol–water partition coefficient (Wildman–Crippen LogP) is 3.60. The average molecular weight is 517 g/mol. The molecule has 2 aromatic rings. The molecule has 0 heterocycles. The lowest BCUT2D eigenvalue weighted by atomic mass is 10.2. The highest BCUT2D eigenvalue weighted by Gasteiger charge is 2.44. The summed E-state index contributed by atoms with van der Waals surface area (Å²) in [4.78, 5) is 1.73. The van der Waals surface area contributed by atoms with Crippen LogP contribution in [0.4, 0.5) is 0 Å². The topological polar surface area (TPSA) is 55.4 Å². The summed E-state index contributed by atoms with van der Waals surface area (Å²) in [6.45, 7) is 9.52. The summed E-state index contributed by atoms with van der Waals surface area (Å²) in [6.07, 6.45) is 0. The molecule has 0 saturated carbocycles. The molecule has 0 saturated heterocycles. The minimum atomic E-state index is -2.79. The first-order chi connectivity index (χ1) is 15.3. The Hall–Kier alpha value is -0.666. The van der Waals surface area contributed by atoms with Crippen molar-refractivity contribution in [2.24, 2.45) is 0 Å². The van der Waals surface area contributed by atoms with E-state index < -0.39 is 17.6 Å². The van der Waals surface area contributed by atoms with Crippen molar-refractivity contribution in [2.75, 3.05) is 41.2 Å². The van der Waals surface area contributed by atoms with Crippen LogP contribution in [0.1, 0.15) is 26.3 Å². The highest BCUT2D eigenvalue weighted by atomic mass is 32.1. The van der Waals surface area contributed by atoms with E-state index in [2.05, 4.69) is 25.3 Å². The minimum Gasteiger partial charge on any atom is -0.373 e. The molecule has 0 fully saturated rings. The number of benzene rings is 2. The van der Waals surface area contributed by atoms with Crippen LogP contribution in [0.3, 0.4) is 0 Å². The van der Waals surface area contributed by atoms with E-state index >= 15 is 0 Å². The van der Waals surface area contributed by atoms with Crippen LogP contribution in [-0.4, -0.2) is 58.8 Å². The SMILES string of the molecule is CCO[Si](OCC)(OCC)c1ccccc1S.CO[Si](OC)(OC)c1cccc(C)c1S. The molecule has 0 aliphatic rings. The van der Waals surface area contributed by atoms with Crippen LogP contribution in [0.15, 0.2) is 52.3 Å². The molecule has 0 N–H and O–H groups in total. The fourth-order valence-corrected chi connectivity index (χ4v) is 8.78. The molecule has 0 amide bonds. The van der Waals surface area contributed by atoms with Gasteiger partial charge < -0.3 is 26.6 Å². The van der Waals surface area contributed by atoms with Gasteiger partial charge in [-0.05, 0) is 39.3 Å². The van der Waals surface area contributed by atoms with Gasteiger partial charge in [0.15, 0.2) is 0 Å². The van der Waals surface area contributed by atoms with E-state index in [9.17, 15) is 0 Å². The summed E-state index contributed by atoms with van der Waals surface area (Å²) >= 11 is 8.93. The predicted molar refractivity (Wildman–Crippen MR) is 139 cm³/mol. The van der Waals surface area contributed by atoms with Crippen LogP contribution < -0.4 is 10.4 Å². The fraction of sp³-hybridized carbons (Fsp3) is 0.455. The van der Waals surface area contributed by atoms with Gasteiger partial charge in [0.2, 0.25) is 0 Å². The first kappa shape index (κ1) is 29.4. The quantitative estimate of drug-likeness (QED) is 0.352. The van der Waals surface area contributed by atoms with Crippen molar-refractivity contribution < 1.29 is 26.6 Å². The summed E-state index contributed by atoms with van der Waals surface area (Å²) in [5.41, 5.74) is 1.08. The first-order valence-electron chi connectivity index (χ1n) is 10.5. The van der Waals surface area contributed by atoms with Crippen molar-refractivity contribution in [2.45, 2.75) is 37.5 Å². The fourth-order valence-electron chi connectivity index (χ4n) is 3.15. The summed E-state index contributed by atoms with van der Waals surface area (Å²) in [5.74, 6) is 0. The molecule has 0 aliphatic heterocycles. The van der Waals surface area contributed by atoms with E-state index in [0.717, 1.165) is 25.7 Å². The average Bonchev–Trinajstić information content (AvgIpc) is 2.79. The number of thiol groups is 2. The summed E-state index contributed by atoms with van der Waals surface area (Å²) in [5, 5.41) is 1.84. The van der Waals surface area contributed by atoms with Crippen LogP contribution in [0, 0.1) is 6.92 Å². The minimum absolute atomic E-state index is 0.564. The summed E-state index contributed by atoms with van der Waals surface area (Å²) in [6, 6.07) is 13.7. The van der Waals surface area contributed by atoms with Crippen molar-refractivity contribution in [3.05, 3.63) is 48.0 Å². The van der Waals surface area contributed by atoms with Gasteiger partial charge >= 0.3 is 17.6 Å². The normalized spacial score (nSPS) is 11.8. The third kappa shape index (κ3) is 7.16. The molecular formula is C22H36O6S2Si2. The second-order valence-corrected chi connectivity index (χ2v) is 12.8. The molecule has 0 bridgehead atoms. The third-order valence-electron chi connectivity index (χ3n) is 4.61. The zero-order chi connectivity index (χ0) is 24.2. The second-order valence-electron chi connectivity index (χ2n) is 6.51. The Labute approximate surface area is 206 Å². The Kier molecular flexibility index (Phi) is 13.4. The maximum Gasteiger partial charge on any atom is 0.538 e. The summed E-state index contributed by atoms with van der Waals surface area (Å²) in [7, 11) is -0.762. The standard InChI is InChI=1S/C12H20O3SSi.C10H16O3SSi/c1-4-13-17(14-5-2,15-6-3)12-10-8-7-9-11(12)16;1-8-6-5-7-9(10(8)14)15(11-2,12-3)13-4/h7-10,16H,4-6H2,1-3H3;5-7,14H,1-4H3. The van der Waals surface area contributed by atoms with Gasteiger partial charge in [-0.15, -0.1) is 25.3 Å². The molecule has 2 rings (SSSR count). The maximum atomic E-state index is 5.82. The molecule has 0 unspecified atom stereocenters. The van der Waals surface area contributed by atoms with Crippen LogP contribution in [0.2, 0.25) is 0 Å². The lowest BCUT2D eigenvalue weighted by Crippen LogP contribution is -2.57. The lowest BCUT2D eigenvalue weighted by molar-refractivity contribution is 0.0854. The monoisotopic (exact) mass is 516 g/mol. The Balaban J connectivity index is 0.000000323. The van der Waals surface area contributed by atoms with Gasteiger partial charge in [0.05, 0.1) is 0 Å². The number of hydrogen-bond acceptors (Lipinski definition) is 8. The Bertz CT molecular complexity index is 795. The second kappa shape index (κ2) is 14.6. The first-order valence-corrected chi connectivity index (χ1v) is 14.8. The van der Waals surface area contributed by atoms with Gasteiger partial charge in [0.1, 0.15) is 0 Å². The van der Waals surface area contributed by atoms with Crippen LogP contribution in [-0.2, 0) is 26.6 Å². The van der Waals surface area contributed by atoms with E-state index in [1.165, 1.54) is 0 Å². The molecule has 0 spiro atoms. The Morgan fingerprint density at radius 3 is 1.56 bits per heavy atom. The lowest BCUT2D eigenvalue weighted by Gasteiger charge is -2.29. The molecule has 2 aromatic carbocycles. The molecule has 0 atom stereocenters. The highest BCUT2D eigenvalue weighted by Crippen LogP contribution is 2.17. The molecular weight excluding hydrogens is 481 g/mol. The van der Waals surface area contributed by atoms with Crippen LogP contribution in [0.25, 0.3) is 0 Å². The van der Waals surface area contributed by atoms with Gasteiger partial charge in [-0.3, -0.25) is 0 Å². The third-order valence-corrected chi connectivity index (χ3v) is 11.8. The van der Waals surface area contributed by atoms with Gasteiger partial charge in [0.25, 0.3) is 0 Å². The van der Waals surface area contributed by atoms with Crippen molar-refractivity contribution >= 4 is 53.2 Å². The number of hydrogen-bond donors (Lipinski definition) is 2. The number of rotatable bonds is 11. The molecule has 6 nitrogen and oxygen atoms in total. The van der Waals surface area contributed by atoms with E-state index in [1.807, 2.05) is 70.2 Å². The van der Waals surface area contributed by atoms with Crippen molar-refractivity contribution in [3.8, 4) is 0 Å². The van der Waals surface area contributed by atoms with Gasteiger partial charge in [0, 0.05) is 61.3 Å². The zero-order valence-electron chi connectivity index (χ0n) is 20.0. The van der Waals surface area contributed by atoms with E-state index in [0.29, 0.717) is 19.8 Å². The zero-order valence-corrected chi connectivity index (χ0v) is 23.8. The van der Waals surface area contributed by atoms with Crippen molar-refractivity contribution in [1.29, 1.82) is 0 Å². The molecule has 32 heavy (non-hydrogen) atoms. The van der Waals surface area contributed by atoms with E-state index in [4.69, 9.17) is 26.6 Å². The molecule has 180 valence electrons. The van der Waals surface area contributed by atoms with Gasteiger partial charge in [-0.1, -0.05) is 36.4 Å². The number of aryl methyl sites for hydroxylation is 1. The summed E-state index contributed by atoms with van der Waals surface area (Å²) < 4.78 is 33.7. The van der Waals surface area contributed by atoms with E-state index in [-0.39, 0.29) is 0 Å². The van der Waals surface area contributed by atoms with Gasteiger partial charge in [-0.2, -0.15) is 0 Å². The van der Waals surface area contributed by atoms with Gasteiger partial charge in [-0.25, -0.2) is 0 Å². The van der Waals surface area contributed by atoms with E-state index in [1.54, 1.807) is 21.3 Å². The molecule has 0 radical (unpaired) electrons. The molecule has 0 aromatic heterocycles. The molecule has 0 aliphatic carbocycles. The Morgan fingerprint density at radius 2 is 1.12 bits per heavy atom. The van der Waals surface area contributed by atoms with Crippen molar-refractivity contribution in [1.82, 2.24) is 0 Å². The van der Waals surface area contributed by atoms with Crippen LogP contribution >= 0.6 is 25.3 Å². The van der Waals surface area contributed by atoms with Crippen LogP contribution in [0.5, 0.6) is 0 Å². The van der Waals surface area contributed by atoms with Crippen molar-refractivity contribution in [3.63, 3.8) is 0 Å². The molecule has 10 heteroatoms. The largest absolute Gasteiger partial charge is 0.538 e. The Morgan fingerprint density at radius 1 is 0.656 bits per heavy atom.